The summed E-state index contributed by atoms with van der Waals surface area (Å²) in [6, 6.07) is 5.62. The second kappa shape index (κ2) is 7.16. The number of anilines is 1. The Labute approximate surface area is 131 Å². The van der Waals surface area contributed by atoms with Gasteiger partial charge >= 0.3 is 0 Å². The lowest BCUT2D eigenvalue weighted by Crippen LogP contribution is -2.34. The van der Waals surface area contributed by atoms with Crippen molar-refractivity contribution in [1.29, 1.82) is 0 Å². The highest BCUT2D eigenvalue weighted by Gasteiger charge is 2.26. The van der Waals surface area contributed by atoms with Gasteiger partial charge in [0, 0.05) is 30.1 Å². The molecule has 2 rings (SSSR count). The molecule has 4 nitrogen and oxygen atoms in total. The average Bonchev–Trinajstić information content (AvgIpc) is 2.65. The van der Waals surface area contributed by atoms with E-state index in [1.165, 1.54) is 0 Å². The average molecular weight is 307 g/mol. The van der Waals surface area contributed by atoms with Crippen LogP contribution in [0.15, 0.2) is 18.2 Å². The van der Waals surface area contributed by atoms with Gasteiger partial charge in [0.1, 0.15) is 11.5 Å². The fraction of sp³-hybridized carbons (Fsp3) is 0.625. The minimum absolute atomic E-state index is 0.0495. The Bertz CT molecular complexity index is 490. The molecule has 1 saturated heterocycles. The molecule has 1 N–H and O–H groups in total. The van der Waals surface area contributed by atoms with E-state index in [1.807, 2.05) is 34.9 Å². The summed E-state index contributed by atoms with van der Waals surface area (Å²) >= 11 is 1.95. The van der Waals surface area contributed by atoms with E-state index >= 15 is 0 Å². The van der Waals surface area contributed by atoms with Gasteiger partial charge in [-0.25, -0.2) is 4.98 Å². The number of pyridine rings is 1. The number of amides is 1. The zero-order chi connectivity index (χ0) is 15.3. The first-order valence-electron chi connectivity index (χ1n) is 7.66. The maximum absolute atomic E-state index is 12.6. The second-order valence-electron chi connectivity index (χ2n) is 5.99. The fourth-order valence-corrected chi connectivity index (χ4v) is 3.39. The summed E-state index contributed by atoms with van der Waals surface area (Å²) in [7, 11) is 0. The Morgan fingerprint density at radius 3 is 3.00 bits per heavy atom. The number of aromatic nitrogens is 1. The molecule has 0 unspecified atom stereocenters. The van der Waals surface area contributed by atoms with Gasteiger partial charge in [0.15, 0.2) is 0 Å². The zero-order valence-electron chi connectivity index (χ0n) is 13.2. The van der Waals surface area contributed by atoms with E-state index in [2.05, 4.69) is 31.1 Å². The number of carbonyl (C=O) groups is 1. The number of carbonyl (C=O) groups excluding carboxylic acids is 1. The summed E-state index contributed by atoms with van der Waals surface area (Å²) in [5, 5.41) is 3.23. The highest BCUT2D eigenvalue weighted by molar-refractivity contribution is 8.00. The van der Waals surface area contributed by atoms with Crippen LogP contribution in [0.3, 0.4) is 0 Å². The molecule has 0 aromatic carbocycles. The first-order valence-corrected chi connectivity index (χ1v) is 8.64. The molecule has 0 radical (unpaired) electrons. The first-order chi connectivity index (χ1) is 10.0. The van der Waals surface area contributed by atoms with E-state index in [1.54, 1.807) is 0 Å². The van der Waals surface area contributed by atoms with Crippen LogP contribution in [0.25, 0.3) is 0 Å². The number of rotatable bonds is 4. The molecule has 1 aromatic heterocycles. The van der Waals surface area contributed by atoms with Gasteiger partial charge in [0.05, 0.1) is 0 Å². The van der Waals surface area contributed by atoms with E-state index in [4.69, 9.17) is 0 Å². The third-order valence-corrected chi connectivity index (χ3v) is 5.02. The summed E-state index contributed by atoms with van der Waals surface area (Å²) in [5.41, 5.74) is 0.542. The molecule has 1 aliphatic heterocycles. The highest BCUT2D eigenvalue weighted by Crippen LogP contribution is 2.30. The van der Waals surface area contributed by atoms with Crippen molar-refractivity contribution in [1.82, 2.24) is 9.88 Å². The smallest absolute Gasteiger partial charge is 0.272 e. The van der Waals surface area contributed by atoms with Crippen LogP contribution in [0.2, 0.25) is 0 Å². The van der Waals surface area contributed by atoms with Crippen molar-refractivity contribution in [3.8, 4) is 0 Å². The van der Waals surface area contributed by atoms with Crippen LogP contribution < -0.4 is 5.32 Å². The zero-order valence-corrected chi connectivity index (χ0v) is 14.0. The number of hydrogen-bond acceptors (Lipinski definition) is 4. The molecule has 0 bridgehead atoms. The van der Waals surface area contributed by atoms with Crippen molar-refractivity contribution in [2.45, 2.75) is 38.4 Å². The van der Waals surface area contributed by atoms with Crippen molar-refractivity contribution in [3.63, 3.8) is 0 Å². The Morgan fingerprint density at radius 2 is 2.24 bits per heavy atom. The van der Waals surface area contributed by atoms with Gasteiger partial charge in [-0.05, 0) is 25.0 Å². The maximum Gasteiger partial charge on any atom is 0.272 e. The van der Waals surface area contributed by atoms with Gasteiger partial charge in [-0.3, -0.25) is 4.79 Å². The van der Waals surface area contributed by atoms with Crippen molar-refractivity contribution < 1.29 is 4.79 Å². The Balaban J connectivity index is 2.05. The normalized spacial score (nSPS) is 18.1. The molecule has 5 heteroatoms. The SMILES string of the molecule is CCCNc1cccc(C(=O)N2CCSC(C)(C)CC2)n1. The van der Waals surface area contributed by atoms with Crippen LogP contribution in [0.4, 0.5) is 5.82 Å². The lowest BCUT2D eigenvalue weighted by molar-refractivity contribution is 0.0759. The molecule has 21 heavy (non-hydrogen) atoms. The van der Waals surface area contributed by atoms with Crippen LogP contribution >= 0.6 is 11.8 Å². The molecule has 0 saturated carbocycles. The van der Waals surface area contributed by atoms with Gasteiger partial charge < -0.3 is 10.2 Å². The maximum atomic E-state index is 12.6. The van der Waals surface area contributed by atoms with E-state index in [0.717, 1.165) is 44.0 Å². The lowest BCUT2D eigenvalue weighted by Gasteiger charge is -2.22. The predicted octanol–water partition coefficient (Wildman–Crippen LogP) is 3.26. The highest BCUT2D eigenvalue weighted by atomic mass is 32.2. The van der Waals surface area contributed by atoms with Gasteiger partial charge in [-0.15, -0.1) is 0 Å². The Kier molecular flexibility index (Phi) is 5.51. The van der Waals surface area contributed by atoms with Gasteiger partial charge in [0.25, 0.3) is 5.91 Å². The van der Waals surface area contributed by atoms with Crippen molar-refractivity contribution in [2.75, 3.05) is 30.7 Å². The molecule has 0 atom stereocenters. The van der Waals surface area contributed by atoms with Crippen LogP contribution in [0.1, 0.15) is 44.1 Å². The molecular formula is C16H25N3OS. The van der Waals surface area contributed by atoms with Gasteiger partial charge in [-0.1, -0.05) is 26.8 Å². The standard InChI is InChI=1S/C16H25N3OS/c1-4-9-17-14-7-5-6-13(18-14)15(20)19-10-8-16(2,3)21-12-11-19/h5-7H,4,8-12H2,1-3H3,(H,17,18). The largest absolute Gasteiger partial charge is 0.370 e. The molecule has 0 aliphatic carbocycles. The molecular weight excluding hydrogens is 282 g/mol. The number of nitrogens with one attached hydrogen (secondary N) is 1. The third-order valence-electron chi connectivity index (χ3n) is 3.65. The lowest BCUT2D eigenvalue weighted by atomic mass is 10.1. The van der Waals surface area contributed by atoms with Crippen molar-refractivity contribution >= 4 is 23.5 Å². The second-order valence-corrected chi connectivity index (χ2v) is 7.79. The monoisotopic (exact) mass is 307 g/mol. The van der Waals surface area contributed by atoms with Gasteiger partial charge in [0.2, 0.25) is 0 Å². The molecule has 0 spiro atoms. The summed E-state index contributed by atoms with van der Waals surface area (Å²) in [6.07, 6.45) is 2.06. The number of thioether (sulfide) groups is 1. The van der Waals surface area contributed by atoms with Crippen molar-refractivity contribution in [2.24, 2.45) is 0 Å². The van der Waals surface area contributed by atoms with E-state index in [-0.39, 0.29) is 10.7 Å². The predicted molar refractivity (Wildman–Crippen MR) is 90.1 cm³/mol. The summed E-state index contributed by atoms with van der Waals surface area (Å²) in [4.78, 5) is 19.0. The Morgan fingerprint density at radius 1 is 1.43 bits per heavy atom. The third kappa shape index (κ3) is 4.63. The molecule has 116 valence electrons. The quantitative estimate of drug-likeness (QED) is 0.927. The van der Waals surface area contributed by atoms with Crippen LogP contribution in [0.5, 0.6) is 0 Å². The van der Waals surface area contributed by atoms with Crippen LogP contribution in [0, 0.1) is 0 Å². The van der Waals surface area contributed by atoms with Crippen LogP contribution in [-0.2, 0) is 0 Å². The summed E-state index contributed by atoms with van der Waals surface area (Å²) in [6.45, 7) is 9.10. The summed E-state index contributed by atoms with van der Waals surface area (Å²) < 4.78 is 0.257. The Hall–Kier alpha value is -1.23. The van der Waals surface area contributed by atoms with Crippen molar-refractivity contribution in [3.05, 3.63) is 23.9 Å². The number of hydrogen-bond donors (Lipinski definition) is 1. The first kappa shape index (κ1) is 16.1. The van der Waals surface area contributed by atoms with E-state index in [9.17, 15) is 4.79 Å². The van der Waals surface area contributed by atoms with E-state index in [0.29, 0.717) is 5.69 Å². The minimum atomic E-state index is 0.0495. The van der Waals surface area contributed by atoms with Gasteiger partial charge in [-0.2, -0.15) is 11.8 Å². The molecule has 1 aromatic rings. The minimum Gasteiger partial charge on any atom is -0.370 e. The fourth-order valence-electron chi connectivity index (χ4n) is 2.29. The molecule has 1 amide bonds. The molecule has 1 fully saturated rings. The van der Waals surface area contributed by atoms with E-state index < -0.39 is 0 Å². The molecule has 1 aliphatic rings. The number of nitrogens with zero attached hydrogens (tertiary/aromatic N) is 2. The topological polar surface area (TPSA) is 45.2 Å². The van der Waals surface area contributed by atoms with Crippen LogP contribution in [-0.4, -0.2) is 45.9 Å². The molecule has 2 heterocycles. The summed E-state index contributed by atoms with van der Waals surface area (Å²) in [5.74, 6) is 1.83.